The molecule has 0 spiro atoms. The fourth-order valence-electron chi connectivity index (χ4n) is 4.13. The number of hydrogen-bond acceptors (Lipinski definition) is 6. The average Bonchev–Trinajstić information content (AvgIpc) is 3.21. The zero-order valence-corrected chi connectivity index (χ0v) is 20.6. The molecule has 2 aromatic rings. The average molecular weight is 481 g/mol. The Hall–Kier alpha value is -1.64. The van der Waals surface area contributed by atoms with E-state index in [1.54, 1.807) is 30.6 Å². The lowest BCUT2D eigenvalue weighted by Gasteiger charge is -2.37. The van der Waals surface area contributed by atoms with E-state index < -0.39 is 6.10 Å². The second-order valence-electron chi connectivity index (χ2n) is 8.61. The monoisotopic (exact) mass is 480 g/mol. The number of rotatable bonds is 11. The van der Waals surface area contributed by atoms with E-state index >= 15 is 0 Å². The van der Waals surface area contributed by atoms with E-state index in [0.29, 0.717) is 30.6 Å². The molecule has 176 valence electrons. The molecule has 3 rings (SSSR count). The Kier molecular flexibility index (Phi) is 9.37. The zero-order valence-electron chi connectivity index (χ0n) is 19.0. The van der Waals surface area contributed by atoms with Gasteiger partial charge in [-0.2, -0.15) is 0 Å². The fraction of sp³-hybridized carbons (Fsp3) is 0.542. The van der Waals surface area contributed by atoms with Gasteiger partial charge in [-0.3, -0.25) is 9.69 Å². The largest absolute Gasteiger partial charge is 0.491 e. The van der Waals surface area contributed by atoms with Crippen molar-refractivity contribution in [2.75, 3.05) is 46.5 Å². The van der Waals surface area contributed by atoms with E-state index in [1.165, 1.54) is 10.4 Å². The lowest BCUT2D eigenvalue weighted by molar-refractivity contribution is -0.136. The van der Waals surface area contributed by atoms with Crippen molar-refractivity contribution in [2.45, 2.75) is 32.4 Å². The standard InChI is InChI=1S/C24H33ClN2O4S/c1-17(2)12-26(13-19(28)15-30-3)14-24(29)27-10-8-23-21(9-11-32-23)22(27)16-31-20-6-4-18(25)5-7-20/h4-7,9,11,17,19,22,28H,8,10,12-16H2,1-3H3/t19-,22+/m1/s1. The Balaban J connectivity index is 1.72. The van der Waals surface area contributed by atoms with Crippen LogP contribution in [0.2, 0.25) is 5.02 Å². The molecule has 0 saturated carbocycles. The van der Waals surface area contributed by atoms with Crippen molar-refractivity contribution in [1.82, 2.24) is 9.80 Å². The summed E-state index contributed by atoms with van der Waals surface area (Å²) in [6.07, 6.45) is 0.229. The van der Waals surface area contributed by atoms with Crippen molar-refractivity contribution in [3.8, 4) is 5.75 Å². The van der Waals surface area contributed by atoms with Gasteiger partial charge in [0.15, 0.2) is 0 Å². The van der Waals surface area contributed by atoms with Crippen LogP contribution in [-0.2, 0) is 16.0 Å². The van der Waals surface area contributed by atoms with Gasteiger partial charge in [0.1, 0.15) is 12.4 Å². The Morgan fingerprint density at radius 1 is 1.28 bits per heavy atom. The summed E-state index contributed by atoms with van der Waals surface area (Å²) in [5.74, 6) is 1.16. The van der Waals surface area contributed by atoms with E-state index in [0.717, 1.165) is 18.7 Å². The normalized spacial score (nSPS) is 17.0. The highest BCUT2D eigenvalue weighted by molar-refractivity contribution is 7.10. The Bertz CT molecular complexity index is 858. The molecule has 0 aliphatic carbocycles. The van der Waals surface area contributed by atoms with Crippen molar-refractivity contribution < 1.29 is 19.4 Å². The highest BCUT2D eigenvalue weighted by atomic mass is 35.5. The molecule has 0 radical (unpaired) electrons. The van der Waals surface area contributed by atoms with Gasteiger partial charge in [-0.15, -0.1) is 11.3 Å². The number of hydrogen-bond donors (Lipinski definition) is 1. The molecule has 0 unspecified atom stereocenters. The number of aliphatic hydroxyl groups is 1. The minimum atomic E-state index is -0.625. The summed E-state index contributed by atoms with van der Waals surface area (Å²) < 4.78 is 11.1. The summed E-state index contributed by atoms with van der Waals surface area (Å²) in [5, 5.41) is 13.0. The molecule has 1 N–H and O–H groups in total. The first kappa shape index (κ1) is 25.0. The number of benzene rings is 1. The highest BCUT2D eigenvalue weighted by Gasteiger charge is 2.33. The smallest absolute Gasteiger partial charge is 0.237 e. The number of halogens is 1. The molecule has 1 aromatic carbocycles. The molecule has 0 bridgehead atoms. The molecule has 2 atom stereocenters. The summed E-state index contributed by atoms with van der Waals surface area (Å²) in [6.45, 7) is 6.92. The molecule has 0 saturated heterocycles. The zero-order chi connectivity index (χ0) is 23.1. The minimum absolute atomic E-state index is 0.0526. The second kappa shape index (κ2) is 12.0. The molecular formula is C24H33ClN2O4S. The van der Waals surface area contributed by atoms with E-state index in [4.69, 9.17) is 21.1 Å². The topological polar surface area (TPSA) is 62.2 Å². The highest BCUT2D eigenvalue weighted by Crippen LogP contribution is 2.34. The van der Waals surface area contributed by atoms with Crippen LogP contribution in [0.4, 0.5) is 0 Å². The maximum Gasteiger partial charge on any atom is 0.237 e. The van der Waals surface area contributed by atoms with Crippen LogP contribution in [0.1, 0.15) is 30.3 Å². The first-order chi connectivity index (χ1) is 15.4. The van der Waals surface area contributed by atoms with Crippen molar-refractivity contribution in [2.24, 2.45) is 5.92 Å². The van der Waals surface area contributed by atoms with Crippen molar-refractivity contribution in [3.05, 3.63) is 51.2 Å². The Labute approximate surface area is 199 Å². The van der Waals surface area contributed by atoms with Crippen molar-refractivity contribution >= 4 is 28.8 Å². The third-order valence-corrected chi connectivity index (χ3v) is 6.70. The van der Waals surface area contributed by atoms with Crippen LogP contribution in [0, 0.1) is 5.92 Å². The van der Waals surface area contributed by atoms with E-state index in [9.17, 15) is 9.90 Å². The number of carbonyl (C=O) groups is 1. The minimum Gasteiger partial charge on any atom is -0.491 e. The molecule has 0 fully saturated rings. The summed E-state index contributed by atoms with van der Waals surface area (Å²) >= 11 is 7.71. The summed E-state index contributed by atoms with van der Waals surface area (Å²) in [4.78, 5) is 18.7. The summed E-state index contributed by atoms with van der Waals surface area (Å²) in [7, 11) is 1.57. The van der Waals surface area contributed by atoms with E-state index in [-0.39, 0.29) is 25.1 Å². The van der Waals surface area contributed by atoms with Crippen LogP contribution in [0.15, 0.2) is 35.7 Å². The number of methoxy groups -OCH3 is 1. The molecule has 1 amide bonds. The maximum atomic E-state index is 13.4. The quantitative estimate of drug-likeness (QED) is 0.529. The Morgan fingerprint density at radius 3 is 2.72 bits per heavy atom. The van der Waals surface area contributed by atoms with Gasteiger partial charge < -0.3 is 19.5 Å². The van der Waals surface area contributed by atoms with Crippen LogP contribution < -0.4 is 4.74 Å². The third kappa shape index (κ3) is 6.93. The molecule has 1 aromatic heterocycles. The fourth-order valence-corrected chi connectivity index (χ4v) is 5.18. The van der Waals surface area contributed by atoms with Crippen LogP contribution in [0.3, 0.4) is 0 Å². The van der Waals surface area contributed by atoms with Crippen molar-refractivity contribution in [1.29, 1.82) is 0 Å². The number of thiophene rings is 1. The van der Waals surface area contributed by atoms with Gasteiger partial charge in [0.2, 0.25) is 5.91 Å². The number of aliphatic hydroxyl groups excluding tert-OH is 1. The number of amides is 1. The SMILES string of the molecule is COC[C@H](O)CN(CC(=O)N1CCc2sccc2[C@@H]1COc1ccc(Cl)cc1)CC(C)C. The predicted molar refractivity (Wildman–Crippen MR) is 129 cm³/mol. The second-order valence-corrected chi connectivity index (χ2v) is 10.1. The molecule has 1 aliphatic rings. The van der Waals surface area contributed by atoms with E-state index in [1.807, 2.05) is 21.9 Å². The first-order valence-corrected chi connectivity index (χ1v) is 12.3. The summed E-state index contributed by atoms with van der Waals surface area (Å²) in [6, 6.07) is 9.24. The van der Waals surface area contributed by atoms with Crippen LogP contribution in [-0.4, -0.2) is 73.4 Å². The van der Waals surface area contributed by atoms with Crippen LogP contribution >= 0.6 is 22.9 Å². The van der Waals surface area contributed by atoms with Gasteiger partial charge in [0.05, 0.1) is 25.3 Å². The number of carbonyl (C=O) groups excluding carboxylic acids is 1. The van der Waals surface area contributed by atoms with Crippen molar-refractivity contribution in [3.63, 3.8) is 0 Å². The van der Waals surface area contributed by atoms with Gasteiger partial charge in [-0.1, -0.05) is 25.4 Å². The van der Waals surface area contributed by atoms with Gasteiger partial charge in [0, 0.05) is 36.6 Å². The van der Waals surface area contributed by atoms with Crippen LogP contribution in [0.5, 0.6) is 5.75 Å². The van der Waals surface area contributed by atoms with E-state index in [2.05, 4.69) is 25.3 Å². The molecule has 6 nitrogen and oxygen atoms in total. The number of ether oxygens (including phenoxy) is 2. The first-order valence-electron chi connectivity index (χ1n) is 11.0. The van der Waals surface area contributed by atoms with Gasteiger partial charge >= 0.3 is 0 Å². The van der Waals surface area contributed by atoms with Gasteiger partial charge in [-0.25, -0.2) is 0 Å². The molecular weight excluding hydrogens is 448 g/mol. The number of fused-ring (bicyclic) bond motifs is 1. The van der Waals surface area contributed by atoms with Crippen LogP contribution in [0.25, 0.3) is 0 Å². The van der Waals surface area contributed by atoms with Gasteiger partial charge in [-0.05, 0) is 53.6 Å². The molecule has 32 heavy (non-hydrogen) atoms. The number of nitrogens with zero attached hydrogens (tertiary/aromatic N) is 2. The summed E-state index contributed by atoms with van der Waals surface area (Å²) in [5.41, 5.74) is 1.17. The Morgan fingerprint density at radius 2 is 2.03 bits per heavy atom. The lowest BCUT2D eigenvalue weighted by Crippen LogP contribution is -2.48. The lowest BCUT2D eigenvalue weighted by atomic mass is 10.00. The third-order valence-electron chi connectivity index (χ3n) is 5.45. The predicted octanol–water partition coefficient (Wildman–Crippen LogP) is 3.87. The molecule has 8 heteroatoms. The maximum absolute atomic E-state index is 13.4. The molecule has 1 aliphatic heterocycles. The molecule has 2 heterocycles. The van der Waals surface area contributed by atoms with Gasteiger partial charge in [0.25, 0.3) is 0 Å².